The van der Waals surface area contributed by atoms with Gasteiger partial charge in [0.05, 0.1) is 10.5 Å². The average Bonchev–Trinajstić information content (AvgIpc) is 2.97. The molecule has 0 bridgehead atoms. The lowest BCUT2D eigenvalue weighted by molar-refractivity contribution is -0.134. The molecule has 1 unspecified atom stereocenters. The fourth-order valence-corrected chi connectivity index (χ4v) is 5.62. The lowest BCUT2D eigenvalue weighted by atomic mass is 9.98. The minimum Gasteiger partial charge on any atom is -0.507 e. The second kappa shape index (κ2) is 15.0. The first-order valence-electron chi connectivity index (χ1n) is 13.5. The molecule has 13 nitrogen and oxygen atoms in total. The number of piperidine rings is 1. The summed E-state index contributed by atoms with van der Waals surface area (Å²) in [6, 6.07) is 16.7. The summed E-state index contributed by atoms with van der Waals surface area (Å²) < 4.78 is 28.6. The maximum Gasteiger partial charge on any atom is 0.300 e. The number of nitrogens with zero attached hydrogens (tertiary/aromatic N) is 1. The molecule has 43 heavy (non-hydrogen) atoms. The normalized spacial score (nSPS) is 15.5. The van der Waals surface area contributed by atoms with E-state index in [1.54, 1.807) is 29.2 Å². The first-order valence-corrected chi connectivity index (χ1v) is 15.0. The molecule has 0 radical (unpaired) electrons. The van der Waals surface area contributed by atoms with Crippen LogP contribution < -0.4 is 21.1 Å². The van der Waals surface area contributed by atoms with Gasteiger partial charge < -0.3 is 31.5 Å². The third kappa shape index (κ3) is 9.68. The molecule has 0 aromatic heterocycles. The highest BCUT2D eigenvalue weighted by molar-refractivity contribution is 7.89. The lowest BCUT2D eigenvalue weighted by Gasteiger charge is -2.33. The molecule has 0 spiro atoms. The molecule has 1 aliphatic rings. The fourth-order valence-electron chi connectivity index (χ4n) is 4.54. The molecule has 1 saturated heterocycles. The highest BCUT2D eigenvalue weighted by Crippen LogP contribution is 2.19. The van der Waals surface area contributed by atoms with Gasteiger partial charge >= 0.3 is 0 Å². The number of carboxylic acids is 1. The summed E-state index contributed by atoms with van der Waals surface area (Å²) in [4.78, 5) is 36.8. The molecule has 2 amide bonds. The summed E-state index contributed by atoms with van der Waals surface area (Å²) in [5.74, 6) is -2.40. The van der Waals surface area contributed by atoms with Gasteiger partial charge in [-0.05, 0) is 53.8 Å². The van der Waals surface area contributed by atoms with Crippen LogP contribution in [0.25, 0.3) is 10.8 Å². The van der Waals surface area contributed by atoms with Gasteiger partial charge in [-0.2, -0.15) is 0 Å². The summed E-state index contributed by atoms with van der Waals surface area (Å²) in [5.41, 5.74) is 5.56. The fraction of sp³-hybridized carbons (Fsp3) is 0.310. The number of carbonyl (C=O) groups excluding carboxylic acids is 2. The van der Waals surface area contributed by atoms with Gasteiger partial charge in [-0.15, -0.1) is 0 Å². The monoisotopic (exact) mass is 612 g/mol. The van der Waals surface area contributed by atoms with E-state index in [1.165, 1.54) is 24.3 Å². The Labute approximate surface area is 249 Å². The standard InChI is InChI=1S/C27H32N6O5S.C2H4O2/c28-27(29)33-13-5-6-18(17-33)15-30-26(36)23(32-25(35)22-9-3-4-10-24(22)34)16-31-39(37,38)21-12-11-19-7-1-2-8-20(19)14-21;1-2(3)4/h1-4,7-12,14,18,23,31,34H,5-6,13,15-17H2,(H3,28,29)(H,30,36)(H,32,35);1H3,(H,3,4)/t18?,23-;/m0./s1. The molecule has 1 fully saturated rings. The summed E-state index contributed by atoms with van der Waals surface area (Å²) in [6.07, 6.45) is 1.65. The molecule has 3 aromatic rings. The predicted molar refractivity (Wildman–Crippen MR) is 161 cm³/mol. The number of phenols is 1. The van der Waals surface area contributed by atoms with Crippen molar-refractivity contribution < 1.29 is 33.0 Å². The zero-order valence-electron chi connectivity index (χ0n) is 23.6. The van der Waals surface area contributed by atoms with E-state index in [-0.39, 0.29) is 34.6 Å². The van der Waals surface area contributed by atoms with E-state index >= 15 is 0 Å². The van der Waals surface area contributed by atoms with Crippen LogP contribution in [0.4, 0.5) is 0 Å². The molecule has 0 aliphatic carbocycles. The molecule has 3 aromatic carbocycles. The van der Waals surface area contributed by atoms with E-state index in [2.05, 4.69) is 15.4 Å². The molecular formula is C29H36N6O7S. The number of aromatic hydroxyl groups is 1. The van der Waals surface area contributed by atoms with Crippen molar-refractivity contribution >= 4 is 44.5 Å². The largest absolute Gasteiger partial charge is 0.507 e. The minimum absolute atomic E-state index is 0.0260. The summed E-state index contributed by atoms with van der Waals surface area (Å²) in [7, 11) is -4.02. The number of guanidine groups is 1. The van der Waals surface area contributed by atoms with Crippen LogP contribution in [0.1, 0.15) is 30.1 Å². The lowest BCUT2D eigenvalue weighted by Crippen LogP contribution is -2.54. The van der Waals surface area contributed by atoms with E-state index in [0.29, 0.717) is 13.1 Å². The molecule has 8 N–H and O–H groups in total. The van der Waals surface area contributed by atoms with Gasteiger partial charge in [0.2, 0.25) is 15.9 Å². The van der Waals surface area contributed by atoms with E-state index in [9.17, 15) is 23.1 Å². The van der Waals surface area contributed by atoms with Crippen LogP contribution in [0.3, 0.4) is 0 Å². The van der Waals surface area contributed by atoms with Gasteiger partial charge in [0.15, 0.2) is 5.96 Å². The van der Waals surface area contributed by atoms with Gasteiger partial charge in [0.1, 0.15) is 11.8 Å². The number of sulfonamides is 1. The topological polar surface area (TPSA) is 215 Å². The van der Waals surface area contributed by atoms with E-state index in [4.69, 9.17) is 21.0 Å². The summed E-state index contributed by atoms with van der Waals surface area (Å²) >= 11 is 0. The molecule has 0 saturated carbocycles. The Hall–Kier alpha value is -4.69. The molecule has 1 aliphatic heterocycles. The number of likely N-dealkylation sites (tertiary alicyclic amines) is 1. The highest BCUT2D eigenvalue weighted by atomic mass is 32.2. The first-order chi connectivity index (χ1) is 20.4. The quantitative estimate of drug-likeness (QED) is 0.137. The molecule has 14 heteroatoms. The van der Waals surface area contributed by atoms with Gasteiger partial charge in [-0.1, -0.05) is 42.5 Å². The van der Waals surface area contributed by atoms with Crippen LogP contribution in [-0.2, 0) is 19.6 Å². The predicted octanol–water partition coefficient (Wildman–Crippen LogP) is 1.43. The van der Waals surface area contributed by atoms with Crippen molar-refractivity contribution in [1.82, 2.24) is 20.3 Å². The number of nitrogens with one attached hydrogen (secondary N) is 4. The number of benzene rings is 3. The third-order valence-corrected chi connectivity index (χ3v) is 8.13. The van der Waals surface area contributed by atoms with Crippen molar-refractivity contribution in [2.24, 2.45) is 11.7 Å². The van der Waals surface area contributed by atoms with Crippen molar-refractivity contribution in [1.29, 1.82) is 5.41 Å². The van der Waals surface area contributed by atoms with Crippen LogP contribution in [0.15, 0.2) is 71.6 Å². The van der Waals surface area contributed by atoms with E-state index in [0.717, 1.165) is 30.5 Å². The Bertz CT molecular complexity index is 1580. The van der Waals surface area contributed by atoms with Crippen LogP contribution in [-0.4, -0.2) is 79.5 Å². The van der Waals surface area contributed by atoms with E-state index < -0.39 is 40.4 Å². The van der Waals surface area contributed by atoms with Gasteiger partial charge in [-0.3, -0.25) is 19.8 Å². The molecular weight excluding hydrogens is 576 g/mol. The average molecular weight is 613 g/mol. The van der Waals surface area contributed by atoms with Crippen LogP contribution in [0.2, 0.25) is 0 Å². The number of fused-ring (bicyclic) bond motifs is 1. The van der Waals surface area contributed by atoms with Gasteiger partial charge in [-0.25, -0.2) is 13.1 Å². The second-order valence-corrected chi connectivity index (χ2v) is 11.8. The molecule has 2 atom stereocenters. The Morgan fingerprint density at radius 1 is 1.07 bits per heavy atom. The van der Waals surface area contributed by atoms with Crippen LogP contribution >= 0.6 is 0 Å². The zero-order chi connectivity index (χ0) is 31.6. The number of aliphatic carboxylic acids is 1. The number of carbonyl (C=O) groups is 3. The van der Waals surface area contributed by atoms with Gasteiger partial charge in [0.25, 0.3) is 11.9 Å². The SMILES string of the molecule is CC(=O)O.N=C(N)N1CCCC(CNC(=O)[C@H](CNS(=O)(=O)c2ccc3ccccc3c2)NC(=O)c2ccccc2O)C1. The number of rotatable bonds is 9. The second-order valence-electron chi connectivity index (χ2n) is 10.0. The van der Waals surface area contributed by atoms with Crippen molar-refractivity contribution in [2.75, 3.05) is 26.2 Å². The molecule has 1 heterocycles. The van der Waals surface area contributed by atoms with Crippen LogP contribution in [0, 0.1) is 11.3 Å². The van der Waals surface area contributed by atoms with Crippen molar-refractivity contribution in [3.05, 3.63) is 72.3 Å². The Kier molecular flexibility index (Phi) is 11.4. The van der Waals surface area contributed by atoms with E-state index in [1.807, 2.05) is 18.2 Å². The number of hydrogen-bond donors (Lipinski definition) is 7. The highest BCUT2D eigenvalue weighted by Gasteiger charge is 2.27. The third-order valence-electron chi connectivity index (χ3n) is 6.70. The molecule has 4 rings (SSSR count). The summed E-state index contributed by atoms with van der Waals surface area (Å²) in [6.45, 7) is 2.13. The minimum atomic E-state index is -4.02. The number of carboxylic acid groups (broad SMARTS) is 1. The summed E-state index contributed by atoms with van der Waals surface area (Å²) in [5, 5.41) is 32.1. The van der Waals surface area contributed by atoms with Crippen molar-refractivity contribution in [3.63, 3.8) is 0 Å². The Morgan fingerprint density at radius 2 is 1.72 bits per heavy atom. The smallest absolute Gasteiger partial charge is 0.300 e. The van der Waals surface area contributed by atoms with Crippen molar-refractivity contribution in [2.45, 2.75) is 30.7 Å². The maximum absolute atomic E-state index is 13.2. The Morgan fingerprint density at radius 3 is 2.40 bits per heavy atom. The number of phenolic OH excluding ortho intramolecular Hbond substituents is 1. The van der Waals surface area contributed by atoms with Crippen molar-refractivity contribution in [3.8, 4) is 5.75 Å². The first kappa shape index (κ1) is 32.8. The zero-order valence-corrected chi connectivity index (χ0v) is 24.4. The molecule has 230 valence electrons. The Balaban J connectivity index is 0.00000119. The number of amides is 2. The van der Waals surface area contributed by atoms with Gasteiger partial charge in [0, 0.05) is 33.1 Å². The van der Waals surface area contributed by atoms with Crippen LogP contribution in [0.5, 0.6) is 5.75 Å². The maximum atomic E-state index is 13.2. The number of hydrogen-bond acceptors (Lipinski definition) is 7. The number of para-hydroxylation sites is 1. The number of nitrogens with two attached hydrogens (primary N) is 1.